The molecule has 2 aromatic heterocycles. The predicted molar refractivity (Wildman–Crippen MR) is 82.1 cm³/mol. The number of aromatic nitrogens is 3. The third kappa shape index (κ3) is 2.88. The molecule has 0 spiro atoms. The van der Waals surface area contributed by atoms with Crippen LogP contribution in [0.2, 0.25) is 0 Å². The second-order valence-corrected chi connectivity index (χ2v) is 5.49. The first-order valence-corrected chi connectivity index (χ1v) is 7.22. The minimum absolute atomic E-state index is 0.0149. The van der Waals surface area contributed by atoms with Crippen molar-refractivity contribution in [2.75, 3.05) is 32.1 Å². The minimum Gasteiger partial charge on any atom is -0.485 e. The molecule has 0 saturated carbocycles. The van der Waals surface area contributed by atoms with E-state index in [1.165, 1.54) is 0 Å². The van der Waals surface area contributed by atoms with Crippen molar-refractivity contribution in [3.8, 4) is 5.75 Å². The van der Waals surface area contributed by atoms with Crippen LogP contribution in [0.3, 0.4) is 0 Å². The molecule has 1 fully saturated rings. The van der Waals surface area contributed by atoms with E-state index in [-0.39, 0.29) is 12.0 Å². The maximum Gasteiger partial charge on any atom is 0.257 e. The second-order valence-electron chi connectivity index (χ2n) is 5.49. The molecular formula is C15H19N5O2. The Morgan fingerprint density at radius 3 is 3.09 bits per heavy atom. The molecular weight excluding hydrogens is 282 g/mol. The van der Waals surface area contributed by atoms with Crippen molar-refractivity contribution in [3.63, 3.8) is 0 Å². The van der Waals surface area contributed by atoms with E-state index in [4.69, 9.17) is 4.74 Å². The van der Waals surface area contributed by atoms with Gasteiger partial charge < -0.3 is 14.5 Å². The van der Waals surface area contributed by atoms with E-state index >= 15 is 0 Å². The van der Waals surface area contributed by atoms with Gasteiger partial charge in [0.25, 0.3) is 5.91 Å². The van der Waals surface area contributed by atoms with Crippen molar-refractivity contribution < 1.29 is 9.53 Å². The Labute approximate surface area is 128 Å². The van der Waals surface area contributed by atoms with Crippen LogP contribution in [0.4, 0.5) is 5.82 Å². The smallest absolute Gasteiger partial charge is 0.257 e. The molecule has 7 nitrogen and oxygen atoms in total. The number of likely N-dealkylation sites (tertiary alicyclic amines) is 1. The Morgan fingerprint density at radius 2 is 2.36 bits per heavy atom. The highest BCUT2D eigenvalue weighted by Crippen LogP contribution is 2.27. The average molecular weight is 301 g/mol. The van der Waals surface area contributed by atoms with Crippen LogP contribution in [0.25, 0.3) is 0 Å². The van der Waals surface area contributed by atoms with E-state index in [0.29, 0.717) is 18.7 Å². The number of carbonyl (C=O) groups is 1. The van der Waals surface area contributed by atoms with Gasteiger partial charge in [-0.15, -0.1) is 0 Å². The van der Waals surface area contributed by atoms with Crippen LogP contribution in [-0.4, -0.2) is 59.3 Å². The molecule has 0 aromatic carbocycles. The van der Waals surface area contributed by atoms with Gasteiger partial charge in [0.1, 0.15) is 6.10 Å². The largest absolute Gasteiger partial charge is 0.485 e. The highest BCUT2D eigenvalue weighted by molar-refractivity contribution is 5.93. The van der Waals surface area contributed by atoms with Crippen molar-refractivity contribution in [3.05, 3.63) is 36.3 Å². The van der Waals surface area contributed by atoms with Crippen LogP contribution in [0, 0.1) is 0 Å². The summed E-state index contributed by atoms with van der Waals surface area (Å²) >= 11 is 0. The van der Waals surface area contributed by atoms with Gasteiger partial charge in [-0.05, 0) is 12.1 Å². The molecule has 2 aromatic rings. The summed E-state index contributed by atoms with van der Waals surface area (Å²) in [4.78, 5) is 20.3. The zero-order valence-corrected chi connectivity index (χ0v) is 12.7. The maximum atomic E-state index is 12.3. The fraction of sp³-hybridized carbons (Fsp3) is 0.400. The Morgan fingerprint density at radius 1 is 1.50 bits per heavy atom. The molecule has 3 rings (SSSR count). The average Bonchev–Trinajstić information content (AvgIpc) is 3.18. The van der Waals surface area contributed by atoms with Crippen LogP contribution in [0.5, 0.6) is 5.75 Å². The van der Waals surface area contributed by atoms with Crippen molar-refractivity contribution >= 4 is 11.7 Å². The number of hydrogen-bond donors (Lipinski definition) is 1. The molecule has 0 radical (unpaired) electrons. The molecule has 0 unspecified atom stereocenters. The van der Waals surface area contributed by atoms with Gasteiger partial charge >= 0.3 is 0 Å². The van der Waals surface area contributed by atoms with E-state index < -0.39 is 0 Å². The van der Waals surface area contributed by atoms with E-state index in [0.717, 1.165) is 18.0 Å². The first-order valence-electron chi connectivity index (χ1n) is 7.22. The van der Waals surface area contributed by atoms with Gasteiger partial charge in [-0.2, -0.15) is 5.10 Å². The number of carbonyl (C=O) groups excluding carboxylic acids is 1. The number of hydrogen-bond acceptors (Lipinski definition) is 5. The fourth-order valence-corrected chi connectivity index (χ4v) is 2.55. The number of amides is 1. The molecule has 116 valence electrons. The summed E-state index contributed by atoms with van der Waals surface area (Å²) in [6.07, 6.45) is 5.69. The van der Waals surface area contributed by atoms with Crippen LogP contribution < -0.4 is 9.64 Å². The monoisotopic (exact) mass is 301 g/mol. The lowest BCUT2D eigenvalue weighted by Crippen LogP contribution is -2.30. The number of rotatable bonds is 4. The van der Waals surface area contributed by atoms with E-state index in [1.807, 2.05) is 31.1 Å². The highest BCUT2D eigenvalue weighted by atomic mass is 16.5. The summed E-state index contributed by atoms with van der Waals surface area (Å²) in [5.74, 6) is 1.52. The van der Waals surface area contributed by atoms with Crippen molar-refractivity contribution in [2.45, 2.75) is 12.5 Å². The molecule has 1 aliphatic heterocycles. The third-order valence-corrected chi connectivity index (χ3v) is 3.65. The number of nitrogens with zero attached hydrogens (tertiary/aromatic N) is 4. The van der Waals surface area contributed by atoms with Gasteiger partial charge in [0.05, 0.1) is 18.3 Å². The maximum absolute atomic E-state index is 12.3. The molecule has 7 heteroatoms. The number of aromatic amines is 1. The van der Waals surface area contributed by atoms with Crippen molar-refractivity contribution in [2.24, 2.45) is 0 Å². The Bertz CT molecular complexity index is 641. The number of H-pyrrole nitrogens is 1. The molecule has 1 amide bonds. The summed E-state index contributed by atoms with van der Waals surface area (Å²) < 4.78 is 6.04. The van der Waals surface area contributed by atoms with Gasteiger partial charge in [0, 0.05) is 39.5 Å². The second kappa shape index (κ2) is 6.05. The predicted octanol–water partition coefficient (Wildman–Crippen LogP) is 1.16. The number of nitrogens with one attached hydrogen (secondary N) is 1. The van der Waals surface area contributed by atoms with Crippen LogP contribution in [0.15, 0.2) is 30.7 Å². The quantitative estimate of drug-likeness (QED) is 0.917. The summed E-state index contributed by atoms with van der Waals surface area (Å²) in [6, 6.07) is 3.76. The Hall–Kier alpha value is -2.57. The van der Waals surface area contributed by atoms with Crippen LogP contribution in [-0.2, 0) is 0 Å². The lowest BCUT2D eigenvalue weighted by atomic mass is 10.3. The molecule has 0 aliphatic carbocycles. The SMILES string of the molecule is CN(C)c1ncccc1O[C@H]1CCN(C(=O)c2cn[nH]c2)C1. The third-order valence-electron chi connectivity index (χ3n) is 3.65. The summed E-state index contributed by atoms with van der Waals surface area (Å²) in [6.45, 7) is 1.26. The standard InChI is InChI=1S/C15H19N5O2/c1-19(2)14-13(4-3-6-16-14)22-12-5-7-20(10-12)15(21)11-8-17-18-9-11/h3-4,6,8-9,12H,5,7,10H2,1-2H3,(H,17,18)/t12-/m0/s1. The first-order chi connectivity index (χ1) is 10.6. The van der Waals surface area contributed by atoms with Crippen LogP contribution in [0.1, 0.15) is 16.8 Å². The lowest BCUT2D eigenvalue weighted by molar-refractivity contribution is 0.0772. The number of pyridine rings is 1. The van der Waals surface area contributed by atoms with Crippen molar-refractivity contribution in [1.82, 2.24) is 20.1 Å². The lowest BCUT2D eigenvalue weighted by Gasteiger charge is -2.20. The summed E-state index contributed by atoms with van der Waals surface area (Å²) in [5.41, 5.74) is 0.580. The molecule has 1 aliphatic rings. The molecule has 1 atom stereocenters. The molecule has 1 N–H and O–H groups in total. The molecule has 22 heavy (non-hydrogen) atoms. The summed E-state index contributed by atoms with van der Waals surface area (Å²) in [5, 5.41) is 6.48. The first kappa shape index (κ1) is 14.4. The van der Waals surface area contributed by atoms with Gasteiger partial charge in [-0.3, -0.25) is 9.89 Å². The Balaban J connectivity index is 1.65. The van der Waals surface area contributed by atoms with Gasteiger partial charge in [-0.25, -0.2) is 4.98 Å². The normalized spacial score (nSPS) is 17.5. The van der Waals surface area contributed by atoms with Crippen molar-refractivity contribution in [1.29, 1.82) is 0 Å². The molecule has 0 bridgehead atoms. The van der Waals surface area contributed by atoms with Gasteiger partial charge in [0.2, 0.25) is 0 Å². The molecule has 3 heterocycles. The Kier molecular flexibility index (Phi) is 3.95. The zero-order chi connectivity index (χ0) is 15.5. The zero-order valence-electron chi connectivity index (χ0n) is 12.7. The number of ether oxygens (including phenoxy) is 1. The topological polar surface area (TPSA) is 74.3 Å². The fourth-order valence-electron chi connectivity index (χ4n) is 2.55. The highest BCUT2D eigenvalue weighted by Gasteiger charge is 2.29. The van der Waals surface area contributed by atoms with E-state index in [1.54, 1.807) is 23.5 Å². The molecule has 1 saturated heterocycles. The van der Waals surface area contributed by atoms with Crippen LogP contribution >= 0.6 is 0 Å². The van der Waals surface area contributed by atoms with Gasteiger partial charge in [-0.1, -0.05) is 0 Å². The van der Waals surface area contributed by atoms with E-state index in [9.17, 15) is 4.79 Å². The summed E-state index contributed by atoms with van der Waals surface area (Å²) in [7, 11) is 3.86. The minimum atomic E-state index is -0.0150. The van der Waals surface area contributed by atoms with Gasteiger partial charge in [0.15, 0.2) is 11.6 Å². The van der Waals surface area contributed by atoms with E-state index in [2.05, 4.69) is 15.2 Å². The number of anilines is 1.